The van der Waals surface area contributed by atoms with Crippen molar-refractivity contribution in [2.75, 3.05) is 7.11 Å². The summed E-state index contributed by atoms with van der Waals surface area (Å²) in [4.78, 5) is 22.9. The second-order valence-electron chi connectivity index (χ2n) is 4.51. The first-order chi connectivity index (χ1) is 8.84. The van der Waals surface area contributed by atoms with Gasteiger partial charge >= 0.3 is 11.9 Å². The lowest BCUT2D eigenvalue weighted by Gasteiger charge is -2.17. The highest BCUT2D eigenvalue weighted by Crippen LogP contribution is 2.24. The number of ether oxygens (including phenoxy) is 2. The van der Waals surface area contributed by atoms with Gasteiger partial charge in [0.2, 0.25) is 0 Å². The molecule has 0 saturated carbocycles. The molecule has 0 N–H and O–H groups in total. The van der Waals surface area contributed by atoms with Crippen molar-refractivity contribution in [1.82, 2.24) is 0 Å². The standard InChI is InChI=1S/C14H17O4P/c1-14(2,19)13(16)18-11-7-5-4-6-10(11)8-9-12(15)17-3/h4-9H,19H2,1-3H3/b9-8+. The van der Waals surface area contributed by atoms with Gasteiger partial charge in [0.05, 0.1) is 12.3 Å². The number of carbonyl (C=O) groups excluding carboxylic acids is 2. The molecule has 0 aliphatic heterocycles. The molecule has 1 rings (SSSR count). The van der Waals surface area contributed by atoms with Crippen molar-refractivity contribution >= 4 is 27.3 Å². The Hall–Kier alpha value is -1.67. The van der Waals surface area contributed by atoms with Crippen LogP contribution in [0, 0.1) is 0 Å². The summed E-state index contributed by atoms with van der Waals surface area (Å²) in [5.74, 6) is -0.424. The highest BCUT2D eigenvalue weighted by molar-refractivity contribution is 7.20. The van der Waals surface area contributed by atoms with Crippen LogP contribution in [0.2, 0.25) is 0 Å². The van der Waals surface area contributed by atoms with E-state index >= 15 is 0 Å². The zero-order valence-corrected chi connectivity index (χ0v) is 12.3. The first-order valence-corrected chi connectivity index (χ1v) is 6.28. The minimum atomic E-state index is -0.667. The molecule has 4 nitrogen and oxygen atoms in total. The molecular formula is C14H17O4P. The molecule has 102 valence electrons. The second kappa shape index (κ2) is 6.48. The van der Waals surface area contributed by atoms with Crippen LogP contribution in [-0.4, -0.2) is 24.2 Å². The van der Waals surface area contributed by atoms with Gasteiger partial charge in [-0.1, -0.05) is 18.2 Å². The molecule has 19 heavy (non-hydrogen) atoms. The fourth-order valence-corrected chi connectivity index (χ4v) is 1.23. The van der Waals surface area contributed by atoms with Gasteiger partial charge in [0.25, 0.3) is 0 Å². The molecule has 1 atom stereocenters. The van der Waals surface area contributed by atoms with Crippen LogP contribution in [0.5, 0.6) is 5.75 Å². The van der Waals surface area contributed by atoms with Crippen molar-refractivity contribution in [3.63, 3.8) is 0 Å². The summed E-state index contributed by atoms with van der Waals surface area (Å²) < 4.78 is 9.82. The van der Waals surface area contributed by atoms with E-state index in [-0.39, 0.29) is 5.97 Å². The van der Waals surface area contributed by atoms with Crippen molar-refractivity contribution in [3.8, 4) is 5.75 Å². The van der Waals surface area contributed by atoms with Crippen molar-refractivity contribution < 1.29 is 19.1 Å². The van der Waals surface area contributed by atoms with Crippen molar-refractivity contribution in [2.45, 2.75) is 19.0 Å². The van der Waals surface area contributed by atoms with Crippen LogP contribution in [0.3, 0.4) is 0 Å². The van der Waals surface area contributed by atoms with Crippen molar-refractivity contribution in [2.24, 2.45) is 0 Å². The molecule has 5 heteroatoms. The molecule has 0 bridgehead atoms. The van der Waals surface area contributed by atoms with E-state index < -0.39 is 11.1 Å². The number of hydrogen-bond donors (Lipinski definition) is 0. The molecule has 0 aromatic heterocycles. The van der Waals surface area contributed by atoms with Gasteiger partial charge in [0, 0.05) is 11.6 Å². The van der Waals surface area contributed by atoms with E-state index in [1.807, 2.05) is 0 Å². The minimum Gasteiger partial charge on any atom is -0.466 e. The lowest BCUT2D eigenvalue weighted by molar-refractivity contribution is -0.136. The quantitative estimate of drug-likeness (QED) is 0.368. The smallest absolute Gasteiger partial charge is 0.330 e. The maximum Gasteiger partial charge on any atom is 0.330 e. The number of benzene rings is 1. The average Bonchev–Trinajstić information content (AvgIpc) is 2.36. The third-order valence-electron chi connectivity index (χ3n) is 2.25. The van der Waals surface area contributed by atoms with Gasteiger partial charge in [-0.2, -0.15) is 0 Å². The Bertz CT molecular complexity index is 500. The molecule has 0 heterocycles. The molecule has 0 spiro atoms. The third kappa shape index (κ3) is 4.84. The lowest BCUT2D eigenvalue weighted by Crippen LogP contribution is -2.29. The zero-order chi connectivity index (χ0) is 14.5. The van der Waals surface area contributed by atoms with Crippen molar-refractivity contribution in [3.05, 3.63) is 35.9 Å². The summed E-state index contributed by atoms with van der Waals surface area (Å²) in [5, 5.41) is -0.667. The molecule has 1 aromatic carbocycles. The number of methoxy groups -OCH3 is 1. The number of rotatable bonds is 4. The Morgan fingerprint density at radius 1 is 1.26 bits per heavy atom. The maximum atomic E-state index is 11.8. The van der Waals surface area contributed by atoms with Crippen LogP contribution < -0.4 is 4.74 Å². The Labute approximate surface area is 115 Å². The van der Waals surface area contributed by atoms with Crippen LogP contribution in [0.4, 0.5) is 0 Å². The first-order valence-electron chi connectivity index (χ1n) is 5.71. The summed E-state index contributed by atoms with van der Waals surface area (Å²) >= 11 is 0. The van der Waals surface area contributed by atoms with Crippen LogP contribution >= 0.6 is 9.24 Å². The average molecular weight is 280 g/mol. The molecule has 0 aliphatic rings. The molecule has 0 saturated heterocycles. The predicted molar refractivity (Wildman–Crippen MR) is 76.9 cm³/mol. The molecule has 1 aromatic rings. The third-order valence-corrected chi connectivity index (χ3v) is 2.48. The summed E-state index contributed by atoms with van der Waals surface area (Å²) in [6.07, 6.45) is 2.82. The van der Waals surface area contributed by atoms with Crippen LogP contribution in [0.25, 0.3) is 6.08 Å². The van der Waals surface area contributed by atoms with E-state index in [2.05, 4.69) is 14.0 Å². The van der Waals surface area contributed by atoms with Gasteiger partial charge in [-0.05, 0) is 26.0 Å². The topological polar surface area (TPSA) is 52.6 Å². The number of hydrogen-bond acceptors (Lipinski definition) is 4. The normalized spacial score (nSPS) is 11.4. The highest BCUT2D eigenvalue weighted by Gasteiger charge is 2.24. The van der Waals surface area contributed by atoms with E-state index in [1.165, 1.54) is 13.2 Å². The van der Waals surface area contributed by atoms with Crippen LogP contribution in [0.1, 0.15) is 19.4 Å². The molecule has 0 radical (unpaired) electrons. The Morgan fingerprint density at radius 3 is 2.47 bits per heavy atom. The van der Waals surface area contributed by atoms with E-state index in [4.69, 9.17) is 4.74 Å². The Morgan fingerprint density at radius 2 is 1.89 bits per heavy atom. The van der Waals surface area contributed by atoms with Gasteiger partial charge in [0.15, 0.2) is 0 Å². The Kier molecular flexibility index (Phi) is 5.25. The summed E-state index contributed by atoms with van der Waals surface area (Å²) in [6.45, 7) is 3.49. The molecular weight excluding hydrogens is 263 g/mol. The number of esters is 2. The molecule has 0 fully saturated rings. The monoisotopic (exact) mass is 280 g/mol. The van der Waals surface area contributed by atoms with Gasteiger partial charge in [0.1, 0.15) is 5.75 Å². The van der Waals surface area contributed by atoms with E-state index in [9.17, 15) is 9.59 Å². The second-order valence-corrected chi connectivity index (χ2v) is 5.95. The summed E-state index contributed by atoms with van der Waals surface area (Å²) in [7, 11) is 3.73. The fourth-order valence-electron chi connectivity index (χ4n) is 1.17. The summed E-state index contributed by atoms with van der Waals surface area (Å²) in [6, 6.07) is 6.97. The molecule has 1 unspecified atom stereocenters. The van der Waals surface area contributed by atoms with Crippen LogP contribution in [-0.2, 0) is 14.3 Å². The van der Waals surface area contributed by atoms with Gasteiger partial charge in [-0.15, -0.1) is 9.24 Å². The maximum absolute atomic E-state index is 11.8. The Balaban J connectivity index is 2.94. The van der Waals surface area contributed by atoms with Crippen LogP contribution in [0.15, 0.2) is 30.3 Å². The predicted octanol–water partition coefficient (Wildman–Crippen LogP) is 2.43. The highest BCUT2D eigenvalue weighted by atomic mass is 31.0. The largest absolute Gasteiger partial charge is 0.466 e. The SMILES string of the molecule is COC(=O)/C=C/c1ccccc1OC(=O)C(C)(C)P. The molecule has 0 aliphatic carbocycles. The number of carbonyl (C=O) groups is 2. The minimum absolute atomic E-state index is 0.364. The van der Waals surface area contributed by atoms with Crippen molar-refractivity contribution in [1.29, 1.82) is 0 Å². The van der Waals surface area contributed by atoms with Gasteiger partial charge < -0.3 is 9.47 Å². The van der Waals surface area contributed by atoms with E-state index in [0.717, 1.165) is 0 Å². The first kappa shape index (κ1) is 15.4. The zero-order valence-electron chi connectivity index (χ0n) is 11.2. The molecule has 0 amide bonds. The van der Waals surface area contributed by atoms with E-state index in [0.29, 0.717) is 11.3 Å². The van der Waals surface area contributed by atoms with E-state index in [1.54, 1.807) is 44.2 Å². The van der Waals surface area contributed by atoms with Gasteiger partial charge in [-0.25, -0.2) is 4.79 Å². The number of para-hydroxylation sites is 1. The lowest BCUT2D eigenvalue weighted by atomic mass is 10.1. The fraction of sp³-hybridized carbons (Fsp3) is 0.286. The summed E-state index contributed by atoms with van der Waals surface area (Å²) in [5.41, 5.74) is 0.635. The van der Waals surface area contributed by atoms with Gasteiger partial charge in [-0.3, -0.25) is 4.79 Å².